The summed E-state index contributed by atoms with van der Waals surface area (Å²) >= 11 is 0. The van der Waals surface area contributed by atoms with Gasteiger partial charge in [-0.3, -0.25) is 9.59 Å². The van der Waals surface area contributed by atoms with Gasteiger partial charge in [0.05, 0.1) is 13.0 Å². The molecule has 0 atom stereocenters. The zero-order valence-electron chi connectivity index (χ0n) is 9.10. The molecule has 0 aliphatic carbocycles. The predicted octanol–water partition coefficient (Wildman–Crippen LogP) is 0.739. The summed E-state index contributed by atoms with van der Waals surface area (Å²) in [5, 5.41) is 0.949. The largest absolute Gasteiger partial charge is 0.392 e. The second-order valence-electron chi connectivity index (χ2n) is 3.59. The Morgan fingerprint density at radius 3 is 2.76 bits per heavy atom. The Hall–Kier alpha value is -2.14. The van der Waals surface area contributed by atoms with Crippen molar-refractivity contribution in [2.24, 2.45) is 5.73 Å². The second-order valence-corrected chi connectivity index (χ2v) is 3.59. The Bertz CT molecular complexity index is 560. The van der Waals surface area contributed by atoms with E-state index in [9.17, 15) is 9.59 Å². The van der Waals surface area contributed by atoms with Crippen LogP contribution in [0.5, 0.6) is 0 Å². The van der Waals surface area contributed by atoms with Crippen molar-refractivity contribution in [3.05, 3.63) is 36.0 Å². The van der Waals surface area contributed by atoms with Crippen LogP contribution in [0.2, 0.25) is 0 Å². The van der Waals surface area contributed by atoms with Crippen molar-refractivity contribution in [3.8, 4) is 0 Å². The fourth-order valence-corrected chi connectivity index (χ4v) is 1.64. The number of ether oxygens (including phenoxy) is 1. The lowest BCUT2D eigenvalue weighted by atomic mass is 10.1. The molecule has 0 bridgehead atoms. The van der Waals surface area contributed by atoms with Gasteiger partial charge in [0.1, 0.15) is 0 Å². The van der Waals surface area contributed by atoms with Gasteiger partial charge in [0.25, 0.3) is 0 Å². The summed E-state index contributed by atoms with van der Waals surface area (Å²) in [6, 6.07) is 7.60. The van der Waals surface area contributed by atoms with Gasteiger partial charge in [0.2, 0.25) is 0 Å². The minimum absolute atomic E-state index is 0.0513. The van der Waals surface area contributed by atoms with Crippen molar-refractivity contribution >= 4 is 22.8 Å². The number of hydrogen-bond acceptors (Lipinski definition) is 4. The number of H-pyrrole nitrogens is 1. The quantitative estimate of drug-likeness (QED) is 0.603. The lowest BCUT2D eigenvalue weighted by Gasteiger charge is -2.00. The van der Waals surface area contributed by atoms with Gasteiger partial charge in [-0.2, -0.15) is 0 Å². The van der Waals surface area contributed by atoms with Gasteiger partial charge in [-0.25, -0.2) is 0 Å². The van der Waals surface area contributed by atoms with Gasteiger partial charge in [-0.1, -0.05) is 18.2 Å². The van der Waals surface area contributed by atoms with Crippen LogP contribution in [0.4, 0.5) is 0 Å². The third-order valence-electron chi connectivity index (χ3n) is 2.40. The number of benzene rings is 1. The minimum Gasteiger partial charge on any atom is -0.392 e. The fourth-order valence-electron chi connectivity index (χ4n) is 1.64. The molecule has 0 saturated carbocycles. The maximum absolute atomic E-state index is 11.4. The molecule has 1 aromatic heterocycles. The lowest BCUT2D eigenvalue weighted by Crippen LogP contribution is -2.21. The molecule has 3 N–H and O–H groups in total. The van der Waals surface area contributed by atoms with Crippen molar-refractivity contribution in [1.29, 1.82) is 0 Å². The van der Waals surface area contributed by atoms with Crippen molar-refractivity contribution in [2.75, 3.05) is 6.54 Å². The third kappa shape index (κ3) is 2.51. The standard InChI is InChI=1S/C12H12N2O3/c13-6-12(16)17-11(15)5-8-7-14-10-4-2-1-3-9(8)10/h1-4,7,14H,5-6,13H2. The third-order valence-corrected chi connectivity index (χ3v) is 2.40. The molecule has 0 saturated heterocycles. The van der Waals surface area contributed by atoms with Crippen LogP contribution in [0.1, 0.15) is 5.56 Å². The summed E-state index contributed by atoms with van der Waals surface area (Å²) < 4.78 is 4.51. The molecule has 5 heteroatoms. The number of para-hydroxylation sites is 1. The van der Waals surface area contributed by atoms with E-state index in [1.54, 1.807) is 6.20 Å². The molecule has 0 aliphatic rings. The van der Waals surface area contributed by atoms with E-state index in [1.807, 2.05) is 24.3 Å². The number of carbonyl (C=O) groups excluding carboxylic acids is 2. The molecule has 0 radical (unpaired) electrons. The highest BCUT2D eigenvalue weighted by Gasteiger charge is 2.12. The van der Waals surface area contributed by atoms with E-state index in [0.29, 0.717) is 0 Å². The number of aromatic nitrogens is 1. The number of nitrogens with two attached hydrogens (primary N) is 1. The van der Waals surface area contributed by atoms with Crippen molar-refractivity contribution < 1.29 is 14.3 Å². The molecule has 0 unspecified atom stereocenters. The van der Waals surface area contributed by atoms with Gasteiger partial charge in [0.15, 0.2) is 0 Å². The fraction of sp³-hybridized carbons (Fsp3) is 0.167. The van der Waals surface area contributed by atoms with Crippen LogP contribution < -0.4 is 5.73 Å². The van der Waals surface area contributed by atoms with Gasteiger partial charge in [-0.15, -0.1) is 0 Å². The molecule has 0 amide bonds. The van der Waals surface area contributed by atoms with E-state index in [-0.39, 0.29) is 13.0 Å². The summed E-state index contributed by atoms with van der Waals surface area (Å²) in [4.78, 5) is 25.3. The Labute approximate surface area is 97.6 Å². The topological polar surface area (TPSA) is 85.2 Å². The average Bonchev–Trinajstić information content (AvgIpc) is 2.72. The molecule has 2 rings (SSSR count). The number of hydrogen-bond donors (Lipinski definition) is 2. The Balaban J connectivity index is 2.13. The average molecular weight is 232 g/mol. The molecule has 17 heavy (non-hydrogen) atoms. The first kappa shape index (κ1) is 11.3. The van der Waals surface area contributed by atoms with Crippen LogP contribution in [0.15, 0.2) is 30.5 Å². The first-order chi connectivity index (χ1) is 8.20. The Morgan fingerprint density at radius 1 is 1.24 bits per heavy atom. The molecule has 2 aromatic rings. The van der Waals surface area contributed by atoms with Crippen LogP contribution >= 0.6 is 0 Å². The number of carbonyl (C=O) groups is 2. The van der Waals surface area contributed by atoms with Gasteiger partial charge >= 0.3 is 11.9 Å². The smallest absolute Gasteiger partial charge is 0.327 e. The molecular formula is C12H12N2O3. The maximum Gasteiger partial charge on any atom is 0.327 e. The van der Waals surface area contributed by atoms with Crippen LogP contribution in [-0.2, 0) is 20.7 Å². The minimum atomic E-state index is -0.713. The van der Waals surface area contributed by atoms with E-state index in [0.717, 1.165) is 16.5 Å². The van der Waals surface area contributed by atoms with Crippen molar-refractivity contribution in [1.82, 2.24) is 4.98 Å². The number of fused-ring (bicyclic) bond motifs is 1. The molecule has 0 fully saturated rings. The number of nitrogens with one attached hydrogen (secondary N) is 1. The van der Waals surface area contributed by atoms with Crippen LogP contribution in [0.25, 0.3) is 10.9 Å². The Morgan fingerprint density at radius 2 is 2.00 bits per heavy atom. The van der Waals surface area contributed by atoms with Crippen molar-refractivity contribution in [3.63, 3.8) is 0 Å². The number of aromatic amines is 1. The summed E-state index contributed by atoms with van der Waals surface area (Å²) in [6.45, 7) is -0.292. The molecule has 1 heterocycles. The second kappa shape index (κ2) is 4.80. The molecule has 5 nitrogen and oxygen atoms in total. The highest BCUT2D eigenvalue weighted by molar-refractivity contribution is 5.91. The number of rotatable bonds is 3. The normalized spacial score (nSPS) is 10.4. The van der Waals surface area contributed by atoms with Crippen LogP contribution in [-0.4, -0.2) is 23.5 Å². The highest BCUT2D eigenvalue weighted by atomic mass is 16.6. The summed E-state index contributed by atoms with van der Waals surface area (Å²) in [6.07, 6.45) is 1.79. The summed E-state index contributed by atoms with van der Waals surface area (Å²) in [5.41, 5.74) is 6.80. The zero-order chi connectivity index (χ0) is 12.3. The van der Waals surface area contributed by atoms with E-state index >= 15 is 0 Å². The zero-order valence-corrected chi connectivity index (χ0v) is 9.10. The van der Waals surface area contributed by atoms with E-state index < -0.39 is 11.9 Å². The molecule has 88 valence electrons. The number of esters is 2. The first-order valence-electron chi connectivity index (χ1n) is 5.19. The van der Waals surface area contributed by atoms with E-state index in [1.165, 1.54) is 0 Å². The lowest BCUT2D eigenvalue weighted by molar-refractivity contribution is -0.158. The summed E-state index contributed by atoms with van der Waals surface area (Å²) in [5.74, 6) is -1.31. The van der Waals surface area contributed by atoms with Crippen LogP contribution in [0.3, 0.4) is 0 Å². The monoisotopic (exact) mass is 232 g/mol. The predicted molar refractivity (Wildman–Crippen MR) is 62.2 cm³/mol. The maximum atomic E-state index is 11.4. The SMILES string of the molecule is NCC(=O)OC(=O)Cc1c[nH]c2ccccc12. The van der Waals surface area contributed by atoms with Gasteiger partial charge in [-0.05, 0) is 11.6 Å². The summed E-state index contributed by atoms with van der Waals surface area (Å²) in [7, 11) is 0. The highest BCUT2D eigenvalue weighted by Crippen LogP contribution is 2.18. The molecule has 1 aromatic carbocycles. The molecule has 0 aliphatic heterocycles. The first-order valence-corrected chi connectivity index (χ1v) is 5.19. The van der Waals surface area contributed by atoms with Gasteiger partial charge < -0.3 is 15.5 Å². The van der Waals surface area contributed by atoms with Crippen molar-refractivity contribution in [2.45, 2.75) is 6.42 Å². The van der Waals surface area contributed by atoms with E-state index in [4.69, 9.17) is 5.73 Å². The van der Waals surface area contributed by atoms with Crippen LogP contribution in [0, 0.1) is 0 Å². The van der Waals surface area contributed by atoms with E-state index in [2.05, 4.69) is 9.72 Å². The molecule has 0 spiro atoms. The Kier molecular flexibility index (Phi) is 3.20. The van der Waals surface area contributed by atoms with Gasteiger partial charge in [0, 0.05) is 17.1 Å². The molecular weight excluding hydrogens is 220 g/mol.